The molecule has 1 aliphatic rings. The zero-order valence-electron chi connectivity index (χ0n) is 10.4. The summed E-state index contributed by atoms with van der Waals surface area (Å²) in [5.41, 5.74) is 0.878. The lowest BCUT2D eigenvalue weighted by Gasteiger charge is -2.13. The van der Waals surface area contributed by atoms with Crippen LogP contribution in [0, 0.1) is 0 Å². The van der Waals surface area contributed by atoms with Crippen molar-refractivity contribution >= 4 is 0 Å². The lowest BCUT2D eigenvalue weighted by Crippen LogP contribution is -2.17. The number of ether oxygens (including phenoxy) is 2. The number of rotatable bonds is 4. The van der Waals surface area contributed by atoms with Crippen LogP contribution in [0.3, 0.4) is 0 Å². The maximum absolute atomic E-state index is 9.48. The van der Waals surface area contributed by atoms with E-state index in [2.05, 4.69) is 6.92 Å². The second-order valence-electron chi connectivity index (χ2n) is 4.71. The van der Waals surface area contributed by atoms with E-state index in [1.165, 1.54) is 0 Å². The quantitative estimate of drug-likeness (QED) is 0.873. The summed E-state index contributed by atoms with van der Waals surface area (Å²) in [6, 6.07) is 7.58. The molecule has 17 heavy (non-hydrogen) atoms. The van der Waals surface area contributed by atoms with E-state index >= 15 is 0 Å². The molecule has 1 aromatic carbocycles. The molecular weight excluding hydrogens is 216 g/mol. The van der Waals surface area contributed by atoms with Gasteiger partial charge in [0.05, 0.1) is 18.3 Å². The maximum Gasteiger partial charge on any atom is 0.119 e. The second kappa shape index (κ2) is 5.52. The summed E-state index contributed by atoms with van der Waals surface area (Å²) < 4.78 is 11.4. The van der Waals surface area contributed by atoms with E-state index in [0.717, 1.165) is 24.2 Å². The highest BCUT2D eigenvalue weighted by atomic mass is 16.5. The molecule has 2 unspecified atom stereocenters. The molecule has 1 heterocycles. The lowest BCUT2D eigenvalue weighted by molar-refractivity contribution is 0.0264. The largest absolute Gasteiger partial charge is 0.491 e. The number of benzene rings is 1. The Morgan fingerprint density at radius 2 is 2.29 bits per heavy atom. The highest BCUT2D eigenvalue weighted by molar-refractivity contribution is 5.29. The van der Waals surface area contributed by atoms with Gasteiger partial charge in [0.15, 0.2) is 0 Å². The van der Waals surface area contributed by atoms with Crippen molar-refractivity contribution in [3.8, 4) is 5.75 Å². The molecule has 3 heteroatoms. The molecule has 0 aromatic heterocycles. The van der Waals surface area contributed by atoms with Crippen molar-refractivity contribution in [3.05, 3.63) is 29.8 Å². The molecule has 0 bridgehead atoms. The molecule has 3 nitrogen and oxygen atoms in total. The number of aliphatic hydroxyl groups excluding tert-OH is 1. The molecule has 0 spiro atoms. The molecule has 2 rings (SSSR count). The van der Waals surface area contributed by atoms with Crippen LogP contribution in [-0.4, -0.2) is 23.9 Å². The van der Waals surface area contributed by atoms with Crippen LogP contribution in [0.15, 0.2) is 24.3 Å². The standard InChI is InChI=1S/C14H20O3/c1-10-6-7-14(17-10)9-16-13-5-3-4-12(8-13)11(2)15/h3-5,8,10-11,14-15H,6-7,9H2,1-2H3/t10?,11-,14?/m1/s1. The van der Waals surface area contributed by atoms with Crippen molar-refractivity contribution in [2.75, 3.05) is 6.61 Å². The van der Waals surface area contributed by atoms with Gasteiger partial charge < -0.3 is 14.6 Å². The van der Waals surface area contributed by atoms with Crippen molar-refractivity contribution in [1.29, 1.82) is 0 Å². The van der Waals surface area contributed by atoms with Gasteiger partial charge in [0.25, 0.3) is 0 Å². The monoisotopic (exact) mass is 236 g/mol. The third kappa shape index (κ3) is 3.45. The maximum atomic E-state index is 9.48. The second-order valence-corrected chi connectivity index (χ2v) is 4.71. The van der Waals surface area contributed by atoms with Crippen LogP contribution in [0.2, 0.25) is 0 Å². The van der Waals surface area contributed by atoms with Gasteiger partial charge >= 0.3 is 0 Å². The van der Waals surface area contributed by atoms with Gasteiger partial charge in [-0.05, 0) is 44.4 Å². The zero-order valence-corrected chi connectivity index (χ0v) is 10.4. The summed E-state index contributed by atoms with van der Waals surface area (Å²) in [5.74, 6) is 0.798. The smallest absolute Gasteiger partial charge is 0.119 e. The highest BCUT2D eigenvalue weighted by Crippen LogP contribution is 2.22. The van der Waals surface area contributed by atoms with Crippen LogP contribution in [-0.2, 0) is 4.74 Å². The highest BCUT2D eigenvalue weighted by Gasteiger charge is 2.22. The molecule has 1 aliphatic heterocycles. The van der Waals surface area contributed by atoms with Crippen LogP contribution in [0.5, 0.6) is 5.75 Å². The Kier molecular flexibility index (Phi) is 4.02. The van der Waals surface area contributed by atoms with E-state index in [4.69, 9.17) is 9.47 Å². The Bertz CT molecular complexity index is 362. The van der Waals surface area contributed by atoms with Crippen molar-refractivity contribution in [3.63, 3.8) is 0 Å². The van der Waals surface area contributed by atoms with E-state index < -0.39 is 6.10 Å². The van der Waals surface area contributed by atoms with Crippen molar-refractivity contribution in [1.82, 2.24) is 0 Å². The minimum atomic E-state index is -0.457. The Morgan fingerprint density at radius 3 is 2.94 bits per heavy atom. The summed E-state index contributed by atoms with van der Waals surface area (Å²) in [6.45, 7) is 4.43. The van der Waals surface area contributed by atoms with Crippen LogP contribution in [0.4, 0.5) is 0 Å². The minimum Gasteiger partial charge on any atom is -0.491 e. The van der Waals surface area contributed by atoms with E-state index in [-0.39, 0.29) is 6.10 Å². The molecule has 0 aliphatic carbocycles. The molecule has 94 valence electrons. The topological polar surface area (TPSA) is 38.7 Å². The summed E-state index contributed by atoms with van der Waals surface area (Å²) >= 11 is 0. The normalized spacial score (nSPS) is 25.8. The number of hydrogen-bond donors (Lipinski definition) is 1. The van der Waals surface area contributed by atoms with Crippen LogP contribution < -0.4 is 4.74 Å². The Morgan fingerprint density at radius 1 is 1.47 bits per heavy atom. The molecule has 0 radical (unpaired) electrons. The average Bonchev–Trinajstić information content (AvgIpc) is 2.73. The van der Waals surface area contributed by atoms with E-state index in [1.807, 2.05) is 24.3 Å². The fraction of sp³-hybridized carbons (Fsp3) is 0.571. The van der Waals surface area contributed by atoms with E-state index in [0.29, 0.717) is 12.7 Å². The fourth-order valence-electron chi connectivity index (χ4n) is 2.06. The molecule has 1 N–H and O–H groups in total. The molecule has 0 saturated carbocycles. The Labute approximate surface area is 102 Å². The molecule has 0 amide bonds. The van der Waals surface area contributed by atoms with Gasteiger partial charge in [-0.1, -0.05) is 12.1 Å². The minimum absolute atomic E-state index is 0.209. The van der Waals surface area contributed by atoms with Crippen molar-refractivity contribution in [2.45, 2.75) is 45.0 Å². The van der Waals surface area contributed by atoms with Gasteiger partial charge in [0.1, 0.15) is 12.4 Å². The van der Waals surface area contributed by atoms with Gasteiger partial charge in [0.2, 0.25) is 0 Å². The molecule has 1 aromatic rings. The first-order valence-electron chi connectivity index (χ1n) is 6.21. The summed E-state index contributed by atoms with van der Waals surface area (Å²) in [6.07, 6.45) is 2.29. The SMILES string of the molecule is CC1CCC(COc2cccc([C@@H](C)O)c2)O1. The number of aliphatic hydroxyl groups is 1. The molecular formula is C14H20O3. The first kappa shape index (κ1) is 12.4. The van der Waals surface area contributed by atoms with Crippen molar-refractivity contribution in [2.24, 2.45) is 0 Å². The Balaban J connectivity index is 1.88. The van der Waals surface area contributed by atoms with Gasteiger partial charge in [-0.25, -0.2) is 0 Å². The fourth-order valence-corrected chi connectivity index (χ4v) is 2.06. The predicted octanol–water partition coefficient (Wildman–Crippen LogP) is 2.69. The third-order valence-corrected chi connectivity index (χ3v) is 3.10. The van der Waals surface area contributed by atoms with E-state index in [1.54, 1.807) is 6.92 Å². The van der Waals surface area contributed by atoms with Crippen LogP contribution >= 0.6 is 0 Å². The zero-order chi connectivity index (χ0) is 12.3. The van der Waals surface area contributed by atoms with Crippen LogP contribution in [0.25, 0.3) is 0 Å². The predicted molar refractivity (Wildman–Crippen MR) is 66.1 cm³/mol. The third-order valence-electron chi connectivity index (χ3n) is 3.10. The average molecular weight is 236 g/mol. The first-order valence-corrected chi connectivity index (χ1v) is 6.21. The molecule has 3 atom stereocenters. The Hall–Kier alpha value is -1.06. The van der Waals surface area contributed by atoms with Gasteiger partial charge in [-0.3, -0.25) is 0 Å². The lowest BCUT2D eigenvalue weighted by atomic mass is 10.1. The van der Waals surface area contributed by atoms with Gasteiger partial charge in [-0.15, -0.1) is 0 Å². The van der Waals surface area contributed by atoms with Crippen molar-refractivity contribution < 1.29 is 14.6 Å². The first-order chi connectivity index (χ1) is 8.15. The molecule has 1 fully saturated rings. The summed E-state index contributed by atoms with van der Waals surface area (Å²) in [7, 11) is 0. The van der Waals surface area contributed by atoms with E-state index in [9.17, 15) is 5.11 Å². The molecule has 1 saturated heterocycles. The van der Waals surface area contributed by atoms with Gasteiger partial charge in [0, 0.05) is 0 Å². The summed E-state index contributed by atoms with van der Waals surface area (Å²) in [4.78, 5) is 0. The number of hydrogen-bond acceptors (Lipinski definition) is 3. The van der Waals surface area contributed by atoms with Gasteiger partial charge in [-0.2, -0.15) is 0 Å². The van der Waals surface area contributed by atoms with Crippen LogP contribution in [0.1, 0.15) is 38.4 Å². The summed E-state index contributed by atoms with van der Waals surface area (Å²) in [5, 5.41) is 9.48.